The van der Waals surface area contributed by atoms with E-state index in [1.54, 1.807) is 0 Å². The zero-order valence-electron chi connectivity index (χ0n) is 11.7. The monoisotopic (exact) mass is 270 g/mol. The third-order valence-corrected chi connectivity index (χ3v) is 2.83. The fourth-order valence-electron chi connectivity index (χ4n) is 1.82. The number of nitrogens with zero attached hydrogens (tertiary/aromatic N) is 1. The molecule has 1 unspecified atom stereocenters. The number of ether oxygens (including phenoxy) is 1. The van der Waals surface area contributed by atoms with E-state index in [2.05, 4.69) is 31.1 Å². The molecule has 0 radical (unpaired) electrons. The lowest BCUT2D eigenvalue weighted by Crippen LogP contribution is -2.16. The lowest BCUT2D eigenvalue weighted by atomic mass is 10.1. The van der Waals surface area contributed by atoms with E-state index in [4.69, 9.17) is 16.3 Å². The maximum Gasteiger partial charge on any atom is 0.232 e. The molecule has 0 saturated heterocycles. The third-order valence-electron chi connectivity index (χ3n) is 2.56. The number of aromatic nitrogens is 1. The fourth-order valence-corrected chi connectivity index (χ4v) is 2.05. The molecule has 1 heterocycles. The van der Waals surface area contributed by atoms with Crippen LogP contribution < -0.4 is 10.1 Å². The summed E-state index contributed by atoms with van der Waals surface area (Å²) in [6, 6.07) is 1.91. The van der Waals surface area contributed by atoms with Crippen molar-refractivity contribution in [3.8, 4) is 5.88 Å². The second-order valence-corrected chi connectivity index (χ2v) is 5.38. The minimum absolute atomic E-state index is 0.134. The van der Waals surface area contributed by atoms with Gasteiger partial charge in [-0.15, -0.1) is 0 Å². The third kappa shape index (κ3) is 5.23. The molecule has 1 rings (SSSR count). The first-order valence-electron chi connectivity index (χ1n) is 6.54. The molecule has 0 aliphatic heterocycles. The van der Waals surface area contributed by atoms with E-state index < -0.39 is 0 Å². The van der Waals surface area contributed by atoms with Gasteiger partial charge in [-0.05, 0) is 37.4 Å². The molecule has 0 fully saturated rings. The predicted octanol–water partition coefficient (Wildman–Crippen LogP) is 3.66. The van der Waals surface area contributed by atoms with E-state index in [1.165, 1.54) is 0 Å². The topological polar surface area (TPSA) is 34.2 Å². The quantitative estimate of drug-likeness (QED) is 0.821. The van der Waals surface area contributed by atoms with Crippen LogP contribution in [0.25, 0.3) is 0 Å². The average Bonchev–Trinajstić information content (AvgIpc) is 2.28. The summed E-state index contributed by atoms with van der Waals surface area (Å²) in [5.41, 5.74) is 1.07. The van der Waals surface area contributed by atoms with E-state index in [0.717, 1.165) is 25.1 Å². The Hall–Kier alpha value is -0.800. The van der Waals surface area contributed by atoms with Gasteiger partial charge in [0.15, 0.2) is 0 Å². The molecule has 4 heteroatoms. The molecule has 3 nitrogen and oxygen atoms in total. The van der Waals surface area contributed by atoms with Crippen LogP contribution in [-0.2, 0) is 6.54 Å². The SMILES string of the molecule is CCNCc1cnc(OC(C)CC(C)C)c(Cl)c1. The Labute approximate surface area is 115 Å². The molecule has 0 aromatic carbocycles. The van der Waals surface area contributed by atoms with E-state index in [9.17, 15) is 0 Å². The molecular formula is C14H23ClN2O. The van der Waals surface area contributed by atoms with Crippen LogP contribution in [0.15, 0.2) is 12.3 Å². The normalized spacial score (nSPS) is 12.8. The summed E-state index contributed by atoms with van der Waals surface area (Å²) >= 11 is 6.17. The number of pyridine rings is 1. The molecule has 1 aromatic heterocycles. The van der Waals surface area contributed by atoms with Gasteiger partial charge in [0.2, 0.25) is 5.88 Å². The number of rotatable bonds is 7. The smallest absolute Gasteiger partial charge is 0.232 e. The minimum atomic E-state index is 0.134. The van der Waals surface area contributed by atoms with Gasteiger partial charge in [-0.2, -0.15) is 0 Å². The van der Waals surface area contributed by atoms with Crippen LogP contribution in [-0.4, -0.2) is 17.6 Å². The number of hydrogen-bond acceptors (Lipinski definition) is 3. The Morgan fingerprint density at radius 3 is 2.67 bits per heavy atom. The molecule has 0 aliphatic carbocycles. The molecule has 1 N–H and O–H groups in total. The van der Waals surface area contributed by atoms with Crippen LogP contribution >= 0.6 is 11.6 Å². The first kappa shape index (κ1) is 15.3. The lowest BCUT2D eigenvalue weighted by molar-refractivity contribution is 0.186. The Morgan fingerprint density at radius 1 is 1.39 bits per heavy atom. The summed E-state index contributed by atoms with van der Waals surface area (Å²) in [5.74, 6) is 1.14. The maximum atomic E-state index is 6.17. The van der Waals surface area contributed by atoms with Crippen molar-refractivity contribution in [2.45, 2.75) is 46.8 Å². The zero-order chi connectivity index (χ0) is 13.5. The van der Waals surface area contributed by atoms with Gasteiger partial charge < -0.3 is 10.1 Å². The van der Waals surface area contributed by atoms with Crippen LogP contribution in [0.2, 0.25) is 5.02 Å². The Kier molecular flexibility index (Phi) is 6.44. The number of halogens is 1. The van der Waals surface area contributed by atoms with Crippen molar-refractivity contribution in [1.82, 2.24) is 10.3 Å². The van der Waals surface area contributed by atoms with Gasteiger partial charge in [0.05, 0.1) is 6.10 Å². The second-order valence-electron chi connectivity index (χ2n) is 4.97. The second kappa shape index (κ2) is 7.59. The highest BCUT2D eigenvalue weighted by Gasteiger charge is 2.11. The Balaban J connectivity index is 2.61. The average molecular weight is 271 g/mol. The molecule has 0 aliphatic rings. The van der Waals surface area contributed by atoms with Crippen molar-refractivity contribution in [2.24, 2.45) is 5.92 Å². The van der Waals surface area contributed by atoms with Crippen LogP contribution in [0, 0.1) is 5.92 Å². The highest BCUT2D eigenvalue weighted by atomic mass is 35.5. The molecule has 0 spiro atoms. The molecule has 102 valence electrons. The molecule has 0 saturated carbocycles. The summed E-state index contributed by atoms with van der Waals surface area (Å²) in [4.78, 5) is 4.28. The van der Waals surface area contributed by atoms with E-state index in [0.29, 0.717) is 16.8 Å². The maximum absolute atomic E-state index is 6.17. The van der Waals surface area contributed by atoms with Crippen molar-refractivity contribution in [1.29, 1.82) is 0 Å². The number of hydrogen-bond donors (Lipinski definition) is 1. The van der Waals surface area contributed by atoms with Crippen LogP contribution in [0.4, 0.5) is 0 Å². The van der Waals surface area contributed by atoms with Gasteiger partial charge in [0, 0.05) is 12.7 Å². The van der Waals surface area contributed by atoms with Crippen molar-refractivity contribution in [2.75, 3.05) is 6.54 Å². The van der Waals surface area contributed by atoms with Crippen LogP contribution in [0.1, 0.15) is 39.7 Å². The predicted molar refractivity (Wildman–Crippen MR) is 76.2 cm³/mol. The van der Waals surface area contributed by atoms with Crippen LogP contribution in [0.3, 0.4) is 0 Å². The summed E-state index contributed by atoms with van der Waals surface area (Å²) < 4.78 is 5.75. The summed E-state index contributed by atoms with van der Waals surface area (Å²) in [7, 11) is 0. The summed E-state index contributed by atoms with van der Waals surface area (Å²) in [5, 5.41) is 3.82. The largest absolute Gasteiger partial charge is 0.474 e. The lowest BCUT2D eigenvalue weighted by Gasteiger charge is -2.16. The highest BCUT2D eigenvalue weighted by molar-refractivity contribution is 6.31. The molecule has 1 atom stereocenters. The van der Waals surface area contributed by atoms with Gasteiger partial charge in [0.25, 0.3) is 0 Å². The summed E-state index contributed by atoms with van der Waals surface area (Å²) in [6.07, 6.45) is 2.94. The van der Waals surface area contributed by atoms with Crippen molar-refractivity contribution < 1.29 is 4.74 Å². The van der Waals surface area contributed by atoms with E-state index >= 15 is 0 Å². The fraction of sp³-hybridized carbons (Fsp3) is 0.643. The molecule has 0 bridgehead atoms. The zero-order valence-corrected chi connectivity index (χ0v) is 12.4. The molecule has 1 aromatic rings. The van der Waals surface area contributed by atoms with Crippen LogP contribution in [0.5, 0.6) is 5.88 Å². The first-order valence-corrected chi connectivity index (χ1v) is 6.92. The molecule has 0 amide bonds. The standard InChI is InChI=1S/C14H23ClN2O/c1-5-16-8-12-7-13(15)14(17-9-12)18-11(4)6-10(2)3/h7,9-11,16H,5-6,8H2,1-4H3. The van der Waals surface area contributed by atoms with Gasteiger partial charge in [-0.1, -0.05) is 32.4 Å². The van der Waals surface area contributed by atoms with Gasteiger partial charge in [0.1, 0.15) is 5.02 Å². The van der Waals surface area contributed by atoms with E-state index in [-0.39, 0.29) is 6.10 Å². The minimum Gasteiger partial charge on any atom is -0.474 e. The van der Waals surface area contributed by atoms with Gasteiger partial charge in [-0.25, -0.2) is 4.98 Å². The molecule has 18 heavy (non-hydrogen) atoms. The van der Waals surface area contributed by atoms with Gasteiger partial charge >= 0.3 is 0 Å². The van der Waals surface area contributed by atoms with Crippen molar-refractivity contribution >= 4 is 11.6 Å². The van der Waals surface area contributed by atoms with Gasteiger partial charge in [-0.3, -0.25) is 0 Å². The van der Waals surface area contributed by atoms with E-state index in [1.807, 2.05) is 19.2 Å². The number of nitrogens with one attached hydrogen (secondary N) is 1. The highest BCUT2D eigenvalue weighted by Crippen LogP contribution is 2.24. The Bertz CT molecular complexity index is 369. The Morgan fingerprint density at radius 2 is 2.11 bits per heavy atom. The van der Waals surface area contributed by atoms with Crippen molar-refractivity contribution in [3.05, 3.63) is 22.8 Å². The first-order chi connectivity index (χ1) is 8.52. The van der Waals surface area contributed by atoms with Crippen molar-refractivity contribution in [3.63, 3.8) is 0 Å². The summed E-state index contributed by atoms with van der Waals surface area (Å²) in [6.45, 7) is 10.2. The molecular weight excluding hydrogens is 248 g/mol.